The third-order valence-electron chi connectivity index (χ3n) is 0.303. The Hall–Kier alpha value is -0.250. The molecule has 0 aromatic rings. The molecule has 0 aliphatic heterocycles. The highest BCUT2D eigenvalue weighted by Crippen LogP contribution is 1.74. The van der Waals surface area contributed by atoms with Gasteiger partial charge in [-0.25, -0.2) is 0 Å². The molecule has 0 heterocycles. The van der Waals surface area contributed by atoms with Crippen molar-refractivity contribution in [2.75, 3.05) is 5.33 Å². The summed E-state index contributed by atoms with van der Waals surface area (Å²) in [6.45, 7) is 0. The fraction of sp³-hybridized carbons (Fsp3) is 0.500. The Morgan fingerprint density at radius 3 is 2.33 bits per heavy atom. The van der Waals surface area contributed by atoms with Crippen LogP contribution in [0.3, 0.4) is 0 Å². The predicted octanol–water partition coefficient (Wildman–Crippen LogP) is -0.388. The average Bonchev–Trinajstić information content (AvgIpc) is 1.65. The van der Waals surface area contributed by atoms with Crippen LogP contribution in [-0.2, 0) is 0 Å². The van der Waals surface area contributed by atoms with Crippen LogP contribution in [0.1, 0.15) is 0 Å². The molecule has 4 N–H and O–H groups in total. The van der Waals surface area contributed by atoms with E-state index in [1.54, 1.807) is 0 Å². The number of hydrogen-bond donors (Lipinski definition) is 2. The molecule has 0 radical (unpaired) electrons. The van der Waals surface area contributed by atoms with Crippen molar-refractivity contribution in [2.24, 2.45) is 16.7 Å². The third-order valence-corrected chi connectivity index (χ3v) is 0.877. The summed E-state index contributed by atoms with van der Waals surface area (Å²) in [4.78, 5) is 0. The Labute approximate surface area is 44.5 Å². The highest BCUT2D eigenvalue weighted by molar-refractivity contribution is 9.09. The molecule has 0 aliphatic rings. The van der Waals surface area contributed by atoms with Gasteiger partial charge < -0.3 is 11.6 Å². The van der Waals surface area contributed by atoms with Gasteiger partial charge in [0.15, 0.2) is 0 Å². The van der Waals surface area contributed by atoms with Crippen LogP contribution in [0.2, 0.25) is 0 Å². The molecule has 3 nitrogen and oxygen atoms in total. The van der Waals surface area contributed by atoms with Gasteiger partial charge in [0.1, 0.15) is 5.84 Å². The van der Waals surface area contributed by atoms with Crippen LogP contribution in [0.4, 0.5) is 0 Å². The number of rotatable bonds is 1. The Balaban J connectivity index is 3.22. The minimum Gasteiger partial charge on any atom is -0.385 e. The van der Waals surface area contributed by atoms with Crippen molar-refractivity contribution in [3.63, 3.8) is 0 Å². The van der Waals surface area contributed by atoms with Crippen molar-refractivity contribution >= 4 is 21.8 Å². The number of nitrogens with two attached hydrogens (primary N) is 2. The Morgan fingerprint density at radius 1 is 1.83 bits per heavy atom. The third kappa shape index (κ3) is 2.02. The Bertz CT molecular complexity index is 59.8. The SMILES string of the molecule is NN=C(N)CBr. The zero-order valence-corrected chi connectivity index (χ0v) is 4.77. The molecule has 0 fully saturated rings. The lowest BCUT2D eigenvalue weighted by atomic mass is 10.7. The van der Waals surface area contributed by atoms with Gasteiger partial charge in [0.2, 0.25) is 0 Å². The van der Waals surface area contributed by atoms with Crippen molar-refractivity contribution in [2.45, 2.75) is 0 Å². The lowest BCUT2D eigenvalue weighted by Crippen LogP contribution is -2.14. The Morgan fingerprint density at radius 2 is 2.33 bits per heavy atom. The van der Waals surface area contributed by atoms with E-state index < -0.39 is 0 Å². The van der Waals surface area contributed by atoms with Crippen LogP contribution >= 0.6 is 15.9 Å². The summed E-state index contributed by atoms with van der Waals surface area (Å²) in [5.41, 5.74) is 5.05. The van der Waals surface area contributed by atoms with Gasteiger partial charge in [-0.3, -0.25) is 0 Å². The number of hydrogen-bond acceptors (Lipinski definition) is 2. The summed E-state index contributed by atoms with van der Waals surface area (Å²) < 4.78 is 0. The molecule has 6 heavy (non-hydrogen) atoms. The molecule has 0 unspecified atom stereocenters. The molecule has 0 saturated carbocycles. The second-order valence-electron chi connectivity index (χ2n) is 0.754. The van der Waals surface area contributed by atoms with Crippen molar-refractivity contribution in [3.05, 3.63) is 0 Å². The lowest BCUT2D eigenvalue weighted by molar-refractivity contribution is 1.23. The summed E-state index contributed by atoms with van der Waals surface area (Å²) in [7, 11) is 0. The van der Waals surface area contributed by atoms with Gasteiger partial charge >= 0.3 is 0 Å². The number of amidine groups is 1. The summed E-state index contributed by atoms with van der Waals surface area (Å²) in [5, 5.41) is 3.70. The largest absolute Gasteiger partial charge is 0.385 e. The quantitative estimate of drug-likeness (QED) is 0.177. The summed E-state index contributed by atoms with van der Waals surface area (Å²) in [6.07, 6.45) is 0. The maximum atomic E-state index is 5.05. The van der Waals surface area contributed by atoms with E-state index >= 15 is 0 Å². The van der Waals surface area contributed by atoms with E-state index in [9.17, 15) is 0 Å². The van der Waals surface area contributed by atoms with E-state index in [4.69, 9.17) is 11.6 Å². The summed E-state index contributed by atoms with van der Waals surface area (Å²) in [5.74, 6) is 5.13. The number of halogens is 1. The van der Waals surface area contributed by atoms with E-state index in [-0.39, 0.29) is 0 Å². The van der Waals surface area contributed by atoms with Crippen LogP contribution in [0, 0.1) is 0 Å². The fourth-order valence-corrected chi connectivity index (χ4v) is 0.179. The van der Waals surface area contributed by atoms with Gasteiger partial charge in [0.05, 0.1) is 5.33 Å². The zero-order chi connectivity index (χ0) is 4.99. The molecular weight excluding hydrogens is 146 g/mol. The molecule has 0 amide bonds. The van der Waals surface area contributed by atoms with Crippen molar-refractivity contribution in [3.8, 4) is 0 Å². The van der Waals surface area contributed by atoms with Gasteiger partial charge in [-0.05, 0) is 0 Å². The molecule has 0 saturated heterocycles. The zero-order valence-electron chi connectivity index (χ0n) is 3.19. The van der Waals surface area contributed by atoms with Gasteiger partial charge in [-0.2, -0.15) is 5.10 Å². The molecule has 0 atom stereocenters. The van der Waals surface area contributed by atoms with Gasteiger partial charge in [0.25, 0.3) is 0 Å². The fourth-order valence-electron chi connectivity index (χ4n) is 0.0345. The minimum absolute atomic E-state index is 0.412. The minimum atomic E-state index is 0.412. The summed E-state index contributed by atoms with van der Waals surface area (Å²) in [6, 6.07) is 0. The lowest BCUT2D eigenvalue weighted by Gasteiger charge is -1.83. The monoisotopic (exact) mass is 151 g/mol. The molecule has 36 valence electrons. The van der Waals surface area contributed by atoms with E-state index in [0.29, 0.717) is 11.2 Å². The van der Waals surface area contributed by atoms with Crippen molar-refractivity contribution < 1.29 is 0 Å². The number of nitrogens with zero attached hydrogens (tertiary/aromatic N) is 1. The van der Waals surface area contributed by atoms with Crippen LogP contribution in [0.25, 0.3) is 0 Å². The van der Waals surface area contributed by atoms with Crippen molar-refractivity contribution in [1.82, 2.24) is 0 Å². The molecular formula is C2H6BrN3. The molecule has 0 aliphatic carbocycles. The maximum absolute atomic E-state index is 5.05. The first-order chi connectivity index (χ1) is 2.81. The van der Waals surface area contributed by atoms with Crippen LogP contribution < -0.4 is 11.6 Å². The van der Waals surface area contributed by atoms with E-state index in [2.05, 4.69) is 21.0 Å². The molecule has 4 heteroatoms. The standard InChI is InChI=1S/C2H6BrN3/c3-1-2(4)6-5/h1,5H2,(H2,4,6). The van der Waals surface area contributed by atoms with Crippen LogP contribution in [0.15, 0.2) is 5.10 Å². The Kier molecular flexibility index (Phi) is 2.84. The van der Waals surface area contributed by atoms with Gasteiger partial charge in [0, 0.05) is 0 Å². The first-order valence-corrected chi connectivity index (χ1v) is 2.51. The number of alkyl halides is 1. The van der Waals surface area contributed by atoms with Crippen molar-refractivity contribution in [1.29, 1.82) is 0 Å². The molecule has 0 aromatic heterocycles. The second kappa shape index (κ2) is 2.96. The summed E-state index contributed by atoms with van der Waals surface area (Å²) >= 11 is 3.04. The normalized spacial score (nSPS) is 11.8. The van der Waals surface area contributed by atoms with Gasteiger partial charge in [-0.1, -0.05) is 15.9 Å². The highest BCUT2D eigenvalue weighted by atomic mass is 79.9. The number of hydrazone groups is 1. The van der Waals surface area contributed by atoms with E-state index in [1.807, 2.05) is 0 Å². The molecule has 0 rings (SSSR count). The smallest absolute Gasteiger partial charge is 0.130 e. The first kappa shape index (κ1) is 5.75. The highest BCUT2D eigenvalue weighted by Gasteiger charge is 1.78. The maximum Gasteiger partial charge on any atom is 0.130 e. The topological polar surface area (TPSA) is 64.4 Å². The van der Waals surface area contributed by atoms with Gasteiger partial charge in [-0.15, -0.1) is 0 Å². The first-order valence-electron chi connectivity index (χ1n) is 1.39. The van der Waals surface area contributed by atoms with E-state index in [0.717, 1.165) is 0 Å². The molecule has 0 aromatic carbocycles. The molecule has 0 bridgehead atoms. The van der Waals surface area contributed by atoms with E-state index in [1.165, 1.54) is 0 Å². The van der Waals surface area contributed by atoms with Crippen LogP contribution in [-0.4, -0.2) is 11.2 Å². The van der Waals surface area contributed by atoms with Crippen LogP contribution in [0.5, 0.6) is 0 Å². The predicted molar refractivity (Wildman–Crippen MR) is 29.6 cm³/mol. The average molecular weight is 152 g/mol. The second-order valence-corrected chi connectivity index (χ2v) is 1.31. The molecule has 0 spiro atoms.